The van der Waals surface area contributed by atoms with Gasteiger partial charge in [-0.05, 0) is 19.1 Å². The van der Waals surface area contributed by atoms with Crippen molar-refractivity contribution < 1.29 is 14.3 Å². The Morgan fingerprint density at radius 2 is 2.19 bits per heavy atom. The molecule has 1 aromatic heterocycles. The monoisotopic (exact) mass is 353 g/mol. The number of aryl methyl sites for hydroxylation is 1. The van der Waals surface area contributed by atoms with Gasteiger partial charge in [0, 0.05) is 18.2 Å². The lowest BCUT2D eigenvalue weighted by atomic mass is 10.1. The number of carbonyl (C=O) groups is 1. The zero-order valence-corrected chi connectivity index (χ0v) is 14.4. The number of para-hydroxylation sites is 1. The van der Waals surface area contributed by atoms with Gasteiger partial charge in [-0.15, -0.1) is 0 Å². The molecule has 0 bridgehead atoms. The molecule has 1 fully saturated rings. The van der Waals surface area contributed by atoms with Gasteiger partial charge in [0.1, 0.15) is 24.3 Å². The van der Waals surface area contributed by atoms with Gasteiger partial charge in [-0.25, -0.2) is 4.98 Å². The van der Waals surface area contributed by atoms with E-state index in [9.17, 15) is 9.59 Å². The lowest BCUT2D eigenvalue weighted by Crippen LogP contribution is -2.44. The Balaban J connectivity index is 1.54. The molecule has 4 rings (SSSR count). The molecule has 0 spiro atoms. The summed E-state index contributed by atoms with van der Waals surface area (Å²) in [5, 5.41) is 0. The zero-order valence-electron chi connectivity index (χ0n) is 14.4. The lowest BCUT2D eigenvalue weighted by Gasteiger charge is -2.33. The maximum atomic E-state index is 12.9. The summed E-state index contributed by atoms with van der Waals surface area (Å²) in [4.78, 5) is 33.3. The number of hydrogen-bond acceptors (Lipinski definition) is 5. The average molecular weight is 353 g/mol. The molecule has 1 aromatic carbocycles. The van der Waals surface area contributed by atoms with Crippen LogP contribution in [0, 0.1) is 6.92 Å². The molecule has 26 heavy (non-hydrogen) atoms. The Kier molecular flexibility index (Phi) is 4.30. The van der Waals surface area contributed by atoms with Gasteiger partial charge in [0.15, 0.2) is 0 Å². The summed E-state index contributed by atoms with van der Waals surface area (Å²) in [6.07, 6.45) is 1.47. The van der Waals surface area contributed by atoms with Crippen LogP contribution in [0.2, 0.25) is 0 Å². The number of nitrogens with one attached hydrogen (secondary N) is 1. The first-order valence-electron chi connectivity index (χ1n) is 8.51. The number of nitrogens with zero attached hydrogens (tertiary/aromatic N) is 2. The predicted octanol–water partition coefficient (Wildman–Crippen LogP) is 1.45. The van der Waals surface area contributed by atoms with Crippen LogP contribution in [0.15, 0.2) is 40.7 Å². The van der Waals surface area contributed by atoms with Crippen molar-refractivity contribution in [2.45, 2.75) is 13.0 Å². The van der Waals surface area contributed by atoms with Crippen molar-refractivity contribution >= 4 is 12.0 Å². The van der Waals surface area contributed by atoms with Crippen molar-refractivity contribution in [1.82, 2.24) is 14.9 Å². The molecule has 1 saturated heterocycles. The van der Waals surface area contributed by atoms with Crippen molar-refractivity contribution in [3.8, 4) is 5.75 Å². The maximum Gasteiger partial charge on any atom is 0.253 e. The molecule has 134 valence electrons. The van der Waals surface area contributed by atoms with Crippen molar-refractivity contribution in [1.29, 1.82) is 0 Å². The Bertz CT molecular complexity index is 934. The van der Waals surface area contributed by atoms with Gasteiger partial charge in [0.05, 0.1) is 24.4 Å². The molecule has 1 unspecified atom stereocenters. The summed E-state index contributed by atoms with van der Waals surface area (Å²) in [5.74, 6) is 1.24. The lowest BCUT2D eigenvalue weighted by molar-refractivity contribution is -0.135. The molecule has 2 aliphatic heterocycles. The summed E-state index contributed by atoms with van der Waals surface area (Å²) < 4.78 is 11.4. The first-order chi connectivity index (χ1) is 12.6. The second-order valence-electron chi connectivity index (χ2n) is 6.36. The highest BCUT2D eigenvalue weighted by Crippen LogP contribution is 2.27. The van der Waals surface area contributed by atoms with E-state index < -0.39 is 6.10 Å². The number of H-pyrrole nitrogens is 1. The van der Waals surface area contributed by atoms with Crippen molar-refractivity contribution in [3.63, 3.8) is 0 Å². The molecule has 1 N–H and O–H groups in total. The number of carbonyl (C=O) groups excluding carboxylic acids is 1. The zero-order chi connectivity index (χ0) is 18.1. The van der Waals surface area contributed by atoms with Crippen LogP contribution in [0.4, 0.5) is 0 Å². The van der Waals surface area contributed by atoms with Gasteiger partial charge in [-0.2, -0.15) is 0 Å². The molecule has 0 radical (unpaired) electrons. The van der Waals surface area contributed by atoms with Crippen LogP contribution in [0.5, 0.6) is 5.75 Å². The first-order valence-corrected chi connectivity index (χ1v) is 8.51. The molecule has 1 amide bonds. The predicted molar refractivity (Wildman–Crippen MR) is 94.8 cm³/mol. The van der Waals surface area contributed by atoms with Crippen LogP contribution in [0.3, 0.4) is 0 Å². The number of aromatic nitrogens is 2. The second-order valence-corrected chi connectivity index (χ2v) is 6.36. The third-order valence-electron chi connectivity index (χ3n) is 4.47. The molecule has 1 atom stereocenters. The van der Waals surface area contributed by atoms with E-state index >= 15 is 0 Å². The van der Waals surface area contributed by atoms with Gasteiger partial charge in [0.2, 0.25) is 0 Å². The normalized spacial score (nSPS) is 19.3. The van der Waals surface area contributed by atoms with Crippen molar-refractivity contribution in [2.24, 2.45) is 0 Å². The number of rotatable bonds is 2. The summed E-state index contributed by atoms with van der Waals surface area (Å²) in [5.41, 5.74) is 1.83. The Morgan fingerprint density at radius 3 is 3.04 bits per heavy atom. The van der Waals surface area contributed by atoms with Gasteiger partial charge in [-0.3, -0.25) is 9.59 Å². The van der Waals surface area contributed by atoms with Crippen molar-refractivity contribution in [2.75, 3.05) is 26.3 Å². The summed E-state index contributed by atoms with van der Waals surface area (Å²) in [6, 6.07) is 9.05. The highest BCUT2D eigenvalue weighted by atomic mass is 16.5. The van der Waals surface area contributed by atoms with Crippen LogP contribution in [0.25, 0.3) is 6.08 Å². The van der Waals surface area contributed by atoms with E-state index in [1.807, 2.05) is 30.3 Å². The third kappa shape index (κ3) is 3.25. The van der Waals surface area contributed by atoms with Gasteiger partial charge in [-0.1, -0.05) is 18.2 Å². The molecule has 2 aliphatic rings. The van der Waals surface area contributed by atoms with Crippen LogP contribution in [-0.4, -0.2) is 47.1 Å². The SMILES string of the molecule is Cc1nc(C2CN(C(=O)C3=Cc4ccccc4OC3)CCO2)cc(=O)[nH]1. The summed E-state index contributed by atoms with van der Waals surface area (Å²) in [7, 11) is 0. The average Bonchev–Trinajstić information content (AvgIpc) is 2.66. The van der Waals surface area contributed by atoms with Gasteiger partial charge >= 0.3 is 0 Å². The number of aromatic amines is 1. The van der Waals surface area contributed by atoms with E-state index in [4.69, 9.17) is 9.47 Å². The third-order valence-corrected chi connectivity index (χ3v) is 4.47. The van der Waals surface area contributed by atoms with Crippen molar-refractivity contribution in [3.05, 3.63) is 63.3 Å². The van der Waals surface area contributed by atoms with Crippen LogP contribution < -0.4 is 10.3 Å². The number of benzene rings is 1. The number of ether oxygens (including phenoxy) is 2. The molecular weight excluding hydrogens is 334 g/mol. The maximum absolute atomic E-state index is 12.9. The molecule has 7 nitrogen and oxygen atoms in total. The number of hydrogen-bond donors (Lipinski definition) is 1. The molecule has 7 heteroatoms. The summed E-state index contributed by atoms with van der Waals surface area (Å²) >= 11 is 0. The standard InChI is InChI=1S/C19H19N3O4/c1-12-20-15(9-18(23)21-12)17-10-22(6-7-25-17)19(24)14-8-13-4-2-3-5-16(13)26-11-14/h2-5,8-9,17H,6-7,10-11H2,1H3,(H,20,21,23). The second kappa shape index (κ2) is 6.76. The Hall–Kier alpha value is -2.93. The largest absolute Gasteiger partial charge is 0.488 e. The molecule has 2 aromatic rings. The molecule has 3 heterocycles. The van der Waals surface area contributed by atoms with E-state index in [1.165, 1.54) is 6.07 Å². The Labute approximate surface area is 150 Å². The number of amides is 1. The van der Waals surface area contributed by atoms with Crippen LogP contribution in [0.1, 0.15) is 23.2 Å². The molecule has 0 aliphatic carbocycles. The minimum atomic E-state index is -0.411. The van der Waals surface area contributed by atoms with E-state index in [1.54, 1.807) is 11.8 Å². The highest BCUT2D eigenvalue weighted by molar-refractivity contribution is 5.99. The van der Waals surface area contributed by atoms with Gasteiger partial charge in [0.25, 0.3) is 11.5 Å². The molecule has 0 saturated carbocycles. The Morgan fingerprint density at radius 1 is 1.35 bits per heavy atom. The minimum absolute atomic E-state index is 0.0747. The van der Waals surface area contributed by atoms with Crippen LogP contribution >= 0.6 is 0 Å². The smallest absolute Gasteiger partial charge is 0.253 e. The number of fused-ring (bicyclic) bond motifs is 1. The highest BCUT2D eigenvalue weighted by Gasteiger charge is 2.29. The minimum Gasteiger partial charge on any atom is -0.488 e. The summed E-state index contributed by atoms with van der Waals surface area (Å²) in [6.45, 7) is 3.22. The fourth-order valence-corrected chi connectivity index (χ4v) is 3.22. The topological polar surface area (TPSA) is 84.5 Å². The number of morpholine rings is 1. The van der Waals surface area contributed by atoms with Gasteiger partial charge < -0.3 is 19.4 Å². The molecular formula is C19H19N3O4. The quantitative estimate of drug-likeness (QED) is 0.883. The van der Waals surface area contributed by atoms with E-state index in [-0.39, 0.29) is 18.1 Å². The van der Waals surface area contributed by atoms with E-state index in [0.717, 1.165) is 11.3 Å². The van der Waals surface area contributed by atoms with E-state index in [0.29, 0.717) is 36.8 Å². The van der Waals surface area contributed by atoms with Crippen LogP contribution in [-0.2, 0) is 9.53 Å². The van der Waals surface area contributed by atoms with E-state index in [2.05, 4.69) is 9.97 Å². The first kappa shape index (κ1) is 16.5. The fourth-order valence-electron chi connectivity index (χ4n) is 3.22. The fraction of sp³-hybridized carbons (Fsp3) is 0.316.